The van der Waals surface area contributed by atoms with Crippen molar-refractivity contribution >= 4 is 38.7 Å². The summed E-state index contributed by atoms with van der Waals surface area (Å²) in [5.74, 6) is -0.673. The van der Waals surface area contributed by atoms with E-state index in [2.05, 4.69) is 33.9 Å². The summed E-state index contributed by atoms with van der Waals surface area (Å²) in [5, 5.41) is 22.7. The van der Waals surface area contributed by atoms with Crippen molar-refractivity contribution in [1.82, 2.24) is 4.31 Å². The topological polar surface area (TPSA) is 162 Å². The van der Waals surface area contributed by atoms with Gasteiger partial charge in [-0.3, -0.25) is 25.0 Å². The number of aryl methyl sites for hydroxylation is 2. The molecule has 1 aliphatic heterocycles. The van der Waals surface area contributed by atoms with Crippen LogP contribution in [0.15, 0.2) is 71.6 Å². The van der Waals surface area contributed by atoms with Crippen LogP contribution in [0.5, 0.6) is 0 Å². The van der Waals surface area contributed by atoms with E-state index in [1.165, 1.54) is 11.1 Å². The molecule has 0 aliphatic carbocycles. The van der Waals surface area contributed by atoms with Gasteiger partial charge in [0.05, 0.1) is 42.7 Å². The van der Waals surface area contributed by atoms with Crippen LogP contribution >= 0.6 is 0 Å². The predicted octanol–water partition coefficient (Wildman–Crippen LogP) is 4.01. The zero-order valence-corrected chi connectivity index (χ0v) is 23.7. The smallest absolute Gasteiger partial charge is 0.306 e. The van der Waals surface area contributed by atoms with E-state index in [9.17, 15) is 33.4 Å². The molecule has 42 heavy (non-hydrogen) atoms. The Labute approximate surface area is 242 Å². The second-order valence-electron chi connectivity index (χ2n) is 9.42. The first-order valence-electron chi connectivity index (χ1n) is 13.1. The van der Waals surface area contributed by atoms with Gasteiger partial charge in [0.15, 0.2) is 4.90 Å². The number of nitrogens with zero attached hydrogens (tertiary/aromatic N) is 4. The highest BCUT2D eigenvalue weighted by Gasteiger charge is 2.33. The number of nitro groups is 2. The molecular formula is C28H30N4O9S. The highest BCUT2D eigenvalue weighted by atomic mass is 32.2. The lowest BCUT2D eigenvalue weighted by molar-refractivity contribution is -0.396. The number of non-ortho nitro benzene ring substituents is 1. The van der Waals surface area contributed by atoms with Crippen LogP contribution in [0.2, 0.25) is 0 Å². The van der Waals surface area contributed by atoms with Crippen molar-refractivity contribution in [2.24, 2.45) is 0 Å². The molecule has 0 N–H and O–H groups in total. The van der Waals surface area contributed by atoms with Gasteiger partial charge in [0.1, 0.15) is 0 Å². The molecule has 0 atom stereocenters. The van der Waals surface area contributed by atoms with E-state index >= 15 is 0 Å². The number of hydrogen-bond acceptors (Lipinski definition) is 10. The molecule has 1 heterocycles. The SMILES string of the molecule is COC(=O)CCN(CCOCCN1c2ccccc2CCc2ccccc21)S(=O)(=O)c1ccc([N+](=O)[O-])cc1[N+](=O)[O-]. The second kappa shape index (κ2) is 13.5. The van der Waals surface area contributed by atoms with Crippen molar-refractivity contribution in [3.05, 3.63) is 98.1 Å². The average Bonchev–Trinajstić information content (AvgIpc) is 3.14. The van der Waals surface area contributed by atoms with Gasteiger partial charge >= 0.3 is 5.97 Å². The fraction of sp³-hybridized carbons (Fsp3) is 0.321. The molecular weight excluding hydrogens is 568 g/mol. The van der Waals surface area contributed by atoms with Gasteiger partial charge in [0, 0.05) is 37.1 Å². The first kappa shape index (κ1) is 30.6. The average molecular weight is 599 g/mol. The van der Waals surface area contributed by atoms with Gasteiger partial charge in [-0.05, 0) is 42.2 Å². The Bertz CT molecular complexity index is 1530. The van der Waals surface area contributed by atoms with Crippen molar-refractivity contribution in [2.45, 2.75) is 24.2 Å². The maximum absolute atomic E-state index is 13.5. The van der Waals surface area contributed by atoms with Crippen molar-refractivity contribution in [1.29, 1.82) is 0 Å². The molecule has 0 unspecified atom stereocenters. The summed E-state index contributed by atoms with van der Waals surface area (Å²) in [6.07, 6.45) is 1.48. The maximum atomic E-state index is 13.5. The van der Waals surface area contributed by atoms with E-state index in [0.717, 1.165) is 47.8 Å². The third kappa shape index (κ3) is 6.90. The maximum Gasteiger partial charge on any atom is 0.306 e. The zero-order chi connectivity index (χ0) is 30.3. The number of ether oxygens (including phenoxy) is 2. The third-order valence-corrected chi connectivity index (χ3v) is 8.88. The predicted molar refractivity (Wildman–Crippen MR) is 153 cm³/mol. The fourth-order valence-corrected chi connectivity index (χ4v) is 6.39. The van der Waals surface area contributed by atoms with Crippen LogP contribution in [0, 0.1) is 20.2 Å². The summed E-state index contributed by atoms with van der Waals surface area (Å²) in [6, 6.07) is 18.5. The molecule has 3 aromatic carbocycles. The first-order chi connectivity index (χ1) is 20.1. The number of rotatable bonds is 13. The van der Waals surface area contributed by atoms with Gasteiger partial charge < -0.3 is 14.4 Å². The standard InChI is InChI=1S/C28H30N4O9S/c1-40-28(33)14-15-29(42(38,39)27-13-12-23(31(34)35)20-26(27)32(36)37)16-18-41-19-17-30-24-8-4-2-6-21(24)10-11-22-7-3-5-9-25(22)30/h2-9,12-13,20H,10-11,14-19H2,1H3. The summed E-state index contributed by atoms with van der Waals surface area (Å²) in [7, 11) is -3.39. The Balaban J connectivity index is 1.49. The molecule has 14 heteroatoms. The van der Waals surface area contributed by atoms with Crippen LogP contribution in [0.25, 0.3) is 0 Å². The van der Waals surface area contributed by atoms with E-state index in [-0.39, 0.29) is 32.7 Å². The first-order valence-corrected chi connectivity index (χ1v) is 14.6. The van der Waals surface area contributed by atoms with E-state index in [4.69, 9.17) is 4.74 Å². The minimum atomic E-state index is -4.54. The van der Waals surface area contributed by atoms with Gasteiger partial charge in [0.2, 0.25) is 10.0 Å². The number of hydrogen-bond donors (Lipinski definition) is 0. The van der Waals surface area contributed by atoms with Gasteiger partial charge in [-0.25, -0.2) is 8.42 Å². The quantitative estimate of drug-likeness (QED) is 0.122. The van der Waals surface area contributed by atoms with Gasteiger partial charge in [-0.2, -0.15) is 4.31 Å². The van der Waals surface area contributed by atoms with Crippen molar-refractivity contribution in [3.8, 4) is 0 Å². The highest BCUT2D eigenvalue weighted by Crippen LogP contribution is 2.35. The number of esters is 1. The van der Waals surface area contributed by atoms with Gasteiger partial charge in [0.25, 0.3) is 11.4 Å². The molecule has 0 aromatic heterocycles. The number of carbonyl (C=O) groups excluding carboxylic acids is 1. The minimum Gasteiger partial charge on any atom is -0.469 e. The molecule has 0 amide bonds. The largest absolute Gasteiger partial charge is 0.469 e. The molecule has 222 valence electrons. The molecule has 3 aromatic rings. The van der Waals surface area contributed by atoms with Crippen LogP contribution in [0.3, 0.4) is 0 Å². The van der Waals surface area contributed by atoms with E-state index in [1.807, 2.05) is 24.3 Å². The number of sulfonamides is 1. The number of anilines is 2. The molecule has 1 aliphatic rings. The van der Waals surface area contributed by atoms with Crippen molar-refractivity contribution < 1.29 is 32.5 Å². The van der Waals surface area contributed by atoms with Crippen molar-refractivity contribution in [2.75, 3.05) is 44.9 Å². The summed E-state index contributed by atoms with van der Waals surface area (Å²) >= 11 is 0. The Kier molecular flexibility index (Phi) is 9.83. The monoisotopic (exact) mass is 598 g/mol. The summed E-state index contributed by atoms with van der Waals surface area (Å²) in [5.41, 5.74) is 2.99. The lowest BCUT2D eigenvalue weighted by Crippen LogP contribution is -2.36. The number of nitro benzene ring substituents is 2. The number of benzene rings is 3. The number of carbonyl (C=O) groups is 1. The van der Waals surface area contributed by atoms with Crippen LogP contribution in [-0.2, 0) is 37.1 Å². The van der Waals surface area contributed by atoms with Crippen molar-refractivity contribution in [3.63, 3.8) is 0 Å². The fourth-order valence-electron chi connectivity index (χ4n) is 4.82. The van der Waals surface area contributed by atoms with Gasteiger partial charge in [-0.1, -0.05) is 36.4 Å². The summed E-state index contributed by atoms with van der Waals surface area (Å²) in [6.45, 7) is 0.0976. The molecule has 0 spiro atoms. The molecule has 13 nitrogen and oxygen atoms in total. The van der Waals surface area contributed by atoms with E-state index in [0.29, 0.717) is 12.6 Å². The lowest BCUT2D eigenvalue weighted by atomic mass is 10.0. The minimum absolute atomic E-state index is 0.0711. The second-order valence-corrected chi connectivity index (χ2v) is 11.3. The normalized spacial score (nSPS) is 12.8. The Hall–Kier alpha value is -4.40. The molecule has 0 radical (unpaired) electrons. The van der Waals surface area contributed by atoms with Crippen LogP contribution in [0.1, 0.15) is 17.5 Å². The molecule has 4 rings (SSSR count). The Morgan fingerprint density at radius 3 is 2.10 bits per heavy atom. The molecule has 0 saturated heterocycles. The number of para-hydroxylation sites is 2. The summed E-state index contributed by atoms with van der Waals surface area (Å²) < 4.78 is 38.3. The third-order valence-electron chi connectivity index (χ3n) is 6.93. The molecule has 0 saturated carbocycles. The van der Waals surface area contributed by atoms with E-state index in [1.54, 1.807) is 0 Å². The molecule has 0 bridgehead atoms. The van der Waals surface area contributed by atoms with E-state index < -0.39 is 42.1 Å². The zero-order valence-electron chi connectivity index (χ0n) is 22.9. The lowest BCUT2D eigenvalue weighted by Gasteiger charge is -2.27. The van der Waals surface area contributed by atoms with Crippen LogP contribution < -0.4 is 4.90 Å². The van der Waals surface area contributed by atoms with Crippen LogP contribution in [0.4, 0.5) is 22.7 Å². The Morgan fingerprint density at radius 1 is 0.905 bits per heavy atom. The van der Waals surface area contributed by atoms with Crippen LogP contribution in [-0.4, -0.2) is 68.5 Å². The Morgan fingerprint density at radius 2 is 1.52 bits per heavy atom. The number of methoxy groups -OCH3 is 1. The van der Waals surface area contributed by atoms with Gasteiger partial charge in [-0.15, -0.1) is 0 Å². The molecule has 0 fully saturated rings. The number of fused-ring (bicyclic) bond motifs is 2. The summed E-state index contributed by atoms with van der Waals surface area (Å²) in [4.78, 5) is 34.1. The highest BCUT2D eigenvalue weighted by molar-refractivity contribution is 7.89.